The van der Waals surface area contributed by atoms with Gasteiger partial charge in [-0.3, -0.25) is 9.97 Å². The SMILES string of the molecule is CC(C)(C)C(C)(c1ccc2ccc(CC(C)(C)[C@](C)(c3ccc4c(C(F)(F)F)cccc4n3)C(C)(C)C)c(C(F)(F)F)c2n1)C(C)(C)C. The minimum Gasteiger partial charge on any atom is -0.252 e. The average molecular weight is 673 g/mol. The molecule has 0 N–H and O–H groups in total. The summed E-state index contributed by atoms with van der Waals surface area (Å²) in [6, 6.07) is 13.8. The topological polar surface area (TPSA) is 25.8 Å². The van der Waals surface area contributed by atoms with E-state index in [1.165, 1.54) is 12.1 Å². The summed E-state index contributed by atoms with van der Waals surface area (Å²) in [6.45, 7) is 26.4. The maximum atomic E-state index is 15.3. The fourth-order valence-electron chi connectivity index (χ4n) is 7.95. The number of benzene rings is 2. The highest BCUT2D eigenvalue weighted by atomic mass is 19.4. The summed E-state index contributed by atoms with van der Waals surface area (Å²) in [6.07, 6.45) is -9.22. The van der Waals surface area contributed by atoms with Crippen LogP contribution < -0.4 is 0 Å². The van der Waals surface area contributed by atoms with Gasteiger partial charge in [0.15, 0.2) is 0 Å². The first kappa shape index (κ1) is 37.7. The van der Waals surface area contributed by atoms with Gasteiger partial charge in [0, 0.05) is 33.0 Å². The van der Waals surface area contributed by atoms with Crippen LogP contribution in [0.3, 0.4) is 0 Å². The molecule has 4 aromatic rings. The lowest BCUT2D eigenvalue weighted by Crippen LogP contribution is -2.51. The van der Waals surface area contributed by atoms with Crippen molar-refractivity contribution in [1.29, 1.82) is 0 Å². The van der Waals surface area contributed by atoms with Gasteiger partial charge in [-0.05, 0) is 57.9 Å². The smallest absolute Gasteiger partial charge is 0.252 e. The highest BCUT2D eigenvalue weighted by Gasteiger charge is 2.53. The minimum absolute atomic E-state index is 0.0175. The van der Waals surface area contributed by atoms with Crippen molar-refractivity contribution in [2.24, 2.45) is 21.7 Å². The Morgan fingerprint density at radius 1 is 0.521 bits per heavy atom. The van der Waals surface area contributed by atoms with Gasteiger partial charge < -0.3 is 0 Å². The van der Waals surface area contributed by atoms with E-state index in [0.29, 0.717) is 16.8 Å². The molecule has 0 aliphatic rings. The van der Waals surface area contributed by atoms with Crippen molar-refractivity contribution >= 4 is 21.8 Å². The number of halogens is 6. The zero-order valence-electron chi connectivity index (χ0n) is 30.6. The van der Waals surface area contributed by atoms with E-state index < -0.39 is 45.1 Å². The molecule has 48 heavy (non-hydrogen) atoms. The summed E-state index contributed by atoms with van der Waals surface area (Å²) in [5.41, 5.74) is -3.65. The van der Waals surface area contributed by atoms with E-state index >= 15 is 13.2 Å². The van der Waals surface area contributed by atoms with E-state index in [2.05, 4.69) is 48.5 Å². The van der Waals surface area contributed by atoms with Crippen molar-refractivity contribution in [2.45, 2.75) is 120 Å². The molecule has 0 aliphatic carbocycles. The molecule has 1 atom stereocenters. The van der Waals surface area contributed by atoms with Gasteiger partial charge in [-0.25, -0.2) is 0 Å². The Balaban J connectivity index is 1.96. The predicted octanol–water partition coefficient (Wildman–Crippen LogP) is 12.7. The molecule has 0 aliphatic heterocycles. The number of fused-ring (bicyclic) bond motifs is 2. The summed E-state index contributed by atoms with van der Waals surface area (Å²) in [5, 5.41) is 0.393. The second kappa shape index (κ2) is 11.4. The van der Waals surface area contributed by atoms with Crippen LogP contribution in [0.15, 0.2) is 54.6 Å². The fraction of sp³-hybridized carbons (Fsp3) is 0.550. The lowest BCUT2D eigenvalue weighted by Gasteiger charge is -2.53. The van der Waals surface area contributed by atoms with Crippen molar-refractivity contribution in [1.82, 2.24) is 9.97 Å². The Labute approximate surface area is 281 Å². The number of hydrogen-bond donors (Lipinski definition) is 0. The number of alkyl halides is 6. The quantitative estimate of drug-likeness (QED) is 0.197. The Hall–Kier alpha value is -3.16. The molecule has 0 spiro atoms. The first-order valence-corrected chi connectivity index (χ1v) is 16.5. The van der Waals surface area contributed by atoms with Gasteiger partial charge in [0.1, 0.15) is 0 Å². The molecule has 0 amide bonds. The standard InChI is InChI=1S/C40H50F6N2/c1-33(2,3)37(12,34(4,5)6)29-21-19-24-17-18-25(31(32(24)48-29)40(44,45)46)23-36(10,11)38(13,35(7,8)9)30-22-20-26-27(39(41,42)43)15-14-16-28(26)47-30/h14-22H,23H2,1-13H3/t38-/m1/s1. The summed E-state index contributed by atoms with van der Waals surface area (Å²) in [4.78, 5) is 9.61. The van der Waals surface area contributed by atoms with Crippen molar-refractivity contribution in [3.05, 3.63) is 82.7 Å². The van der Waals surface area contributed by atoms with Crippen LogP contribution in [0.25, 0.3) is 21.8 Å². The normalized spacial score (nSPS) is 15.6. The summed E-state index contributed by atoms with van der Waals surface area (Å²) in [5.74, 6) is 0. The second-order valence-electron chi connectivity index (χ2n) is 17.5. The predicted molar refractivity (Wildman–Crippen MR) is 184 cm³/mol. The van der Waals surface area contributed by atoms with Gasteiger partial charge in [0.05, 0.1) is 22.2 Å². The molecular formula is C40H50F6N2. The van der Waals surface area contributed by atoms with Crippen LogP contribution in [0, 0.1) is 21.7 Å². The van der Waals surface area contributed by atoms with Crippen LogP contribution in [0.4, 0.5) is 26.3 Å². The number of rotatable bonds is 5. The number of pyridine rings is 2. The average Bonchev–Trinajstić information content (AvgIpc) is 2.91. The highest BCUT2D eigenvalue weighted by Crippen LogP contribution is 2.56. The summed E-state index contributed by atoms with van der Waals surface area (Å²) < 4.78 is 87.2. The van der Waals surface area contributed by atoms with Crippen LogP contribution in [-0.2, 0) is 29.6 Å². The molecule has 2 aromatic heterocycles. The van der Waals surface area contributed by atoms with E-state index in [-0.39, 0.29) is 39.2 Å². The van der Waals surface area contributed by atoms with Crippen LogP contribution in [-0.4, -0.2) is 9.97 Å². The molecule has 2 nitrogen and oxygen atoms in total. The van der Waals surface area contributed by atoms with Crippen molar-refractivity contribution in [2.75, 3.05) is 0 Å². The highest BCUT2D eigenvalue weighted by molar-refractivity contribution is 5.84. The lowest BCUT2D eigenvalue weighted by molar-refractivity contribution is -0.137. The largest absolute Gasteiger partial charge is 0.418 e. The number of aromatic nitrogens is 2. The van der Waals surface area contributed by atoms with Gasteiger partial charge in [0.2, 0.25) is 0 Å². The van der Waals surface area contributed by atoms with Crippen molar-refractivity contribution < 1.29 is 26.3 Å². The van der Waals surface area contributed by atoms with Gasteiger partial charge in [-0.1, -0.05) is 120 Å². The molecule has 262 valence electrons. The van der Waals surface area contributed by atoms with Crippen molar-refractivity contribution in [3.63, 3.8) is 0 Å². The first-order valence-electron chi connectivity index (χ1n) is 16.5. The van der Waals surface area contributed by atoms with Crippen molar-refractivity contribution in [3.8, 4) is 0 Å². The van der Waals surface area contributed by atoms with Crippen LogP contribution >= 0.6 is 0 Å². The van der Waals surface area contributed by atoms with E-state index in [9.17, 15) is 13.2 Å². The molecule has 0 bridgehead atoms. The molecule has 0 fully saturated rings. The second-order valence-corrected chi connectivity index (χ2v) is 17.5. The molecule has 8 heteroatoms. The molecule has 4 rings (SSSR count). The molecule has 0 saturated carbocycles. The molecule has 2 aromatic carbocycles. The summed E-state index contributed by atoms with van der Waals surface area (Å²) >= 11 is 0. The third kappa shape index (κ3) is 6.10. The Bertz CT molecular complexity index is 1810. The monoisotopic (exact) mass is 672 g/mol. The third-order valence-electron chi connectivity index (χ3n) is 11.8. The summed E-state index contributed by atoms with van der Waals surface area (Å²) in [7, 11) is 0. The maximum Gasteiger partial charge on any atom is 0.418 e. The molecule has 0 unspecified atom stereocenters. The third-order valence-corrected chi connectivity index (χ3v) is 11.8. The Morgan fingerprint density at radius 3 is 1.52 bits per heavy atom. The zero-order valence-corrected chi connectivity index (χ0v) is 30.6. The zero-order chi connectivity index (χ0) is 36.7. The van der Waals surface area contributed by atoms with E-state index in [1.54, 1.807) is 30.3 Å². The van der Waals surface area contributed by atoms with E-state index in [1.807, 2.05) is 47.6 Å². The number of nitrogens with zero attached hydrogens (tertiary/aromatic N) is 2. The lowest BCUT2D eigenvalue weighted by atomic mass is 9.51. The van der Waals surface area contributed by atoms with Gasteiger partial charge in [0.25, 0.3) is 0 Å². The van der Waals surface area contributed by atoms with Crippen LogP contribution in [0.2, 0.25) is 0 Å². The molecule has 0 saturated heterocycles. The minimum atomic E-state index is -4.69. The van der Waals surface area contributed by atoms with Crippen LogP contribution in [0.1, 0.15) is 118 Å². The van der Waals surface area contributed by atoms with E-state index in [4.69, 9.17) is 9.97 Å². The molecule has 0 radical (unpaired) electrons. The fourth-order valence-corrected chi connectivity index (χ4v) is 7.95. The maximum absolute atomic E-state index is 15.3. The Morgan fingerprint density at radius 2 is 1.02 bits per heavy atom. The van der Waals surface area contributed by atoms with Gasteiger partial charge >= 0.3 is 12.4 Å². The number of hydrogen-bond acceptors (Lipinski definition) is 2. The molecular weight excluding hydrogens is 622 g/mol. The first-order chi connectivity index (χ1) is 21.5. The molecule has 2 heterocycles. The Kier molecular flexibility index (Phi) is 8.98. The van der Waals surface area contributed by atoms with E-state index in [0.717, 1.165) is 6.07 Å². The van der Waals surface area contributed by atoms with Crippen LogP contribution in [0.5, 0.6) is 0 Å². The van der Waals surface area contributed by atoms with Gasteiger partial charge in [-0.15, -0.1) is 0 Å². The van der Waals surface area contributed by atoms with Gasteiger partial charge in [-0.2, -0.15) is 26.3 Å².